The van der Waals surface area contributed by atoms with E-state index in [1.807, 2.05) is 49.4 Å². The van der Waals surface area contributed by atoms with Gasteiger partial charge in [0.2, 0.25) is 0 Å². The summed E-state index contributed by atoms with van der Waals surface area (Å²) in [6, 6.07) is 17.8. The van der Waals surface area contributed by atoms with Crippen molar-refractivity contribution in [1.29, 1.82) is 0 Å². The molecule has 3 N–H and O–H groups in total. The Morgan fingerprint density at radius 2 is 1.78 bits per heavy atom. The van der Waals surface area contributed by atoms with Gasteiger partial charge in [0.15, 0.2) is 9.84 Å². The molecule has 32 heavy (non-hydrogen) atoms. The number of anilines is 1. The smallest absolute Gasteiger partial charge is 0.319 e. The highest BCUT2D eigenvalue weighted by Crippen LogP contribution is 2.25. The molecule has 1 unspecified atom stereocenters. The maximum absolute atomic E-state index is 14.7. The first-order chi connectivity index (χ1) is 15.3. The highest BCUT2D eigenvalue weighted by atomic mass is 32.2. The predicted molar refractivity (Wildman–Crippen MR) is 121 cm³/mol. The third kappa shape index (κ3) is 4.98. The number of carbonyl (C=O) groups excluding carboxylic acids is 1. The summed E-state index contributed by atoms with van der Waals surface area (Å²) < 4.78 is 40.3. The zero-order chi connectivity index (χ0) is 22.7. The van der Waals surface area contributed by atoms with E-state index >= 15 is 0 Å². The van der Waals surface area contributed by atoms with Crippen LogP contribution < -0.4 is 16.0 Å². The number of sulfone groups is 1. The molecule has 0 spiro atoms. The zero-order valence-corrected chi connectivity index (χ0v) is 18.4. The molecule has 8 heteroatoms. The minimum absolute atomic E-state index is 0.169. The van der Waals surface area contributed by atoms with Gasteiger partial charge in [0, 0.05) is 18.8 Å². The van der Waals surface area contributed by atoms with Crippen LogP contribution in [0.25, 0.3) is 0 Å². The molecule has 4 rings (SSSR count). The monoisotopic (exact) mass is 453 g/mol. The van der Waals surface area contributed by atoms with E-state index in [1.54, 1.807) is 6.07 Å². The number of carbonyl (C=O) groups is 1. The molecule has 1 aliphatic rings. The Balaban J connectivity index is 1.43. The lowest BCUT2D eigenvalue weighted by atomic mass is 10.1. The van der Waals surface area contributed by atoms with Gasteiger partial charge in [-0.15, -0.1) is 0 Å². The van der Waals surface area contributed by atoms with Gasteiger partial charge in [-0.3, -0.25) is 0 Å². The van der Waals surface area contributed by atoms with Crippen LogP contribution in [0.3, 0.4) is 0 Å². The number of urea groups is 1. The van der Waals surface area contributed by atoms with E-state index in [9.17, 15) is 17.6 Å². The maximum Gasteiger partial charge on any atom is 0.319 e. The maximum atomic E-state index is 14.7. The minimum Gasteiger partial charge on any atom is -0.331 e. The molecule has 1 atom stereocenters. The van der Waals surface area contributed by atoms with Crippen LogP contribution in [-0.4, -0.2) is 14.4 Å². The van der Waals surface area contributed by atoms with Crippen molar-refractivity contribution in [2.75, 3.05) is 5.32 Å². The Bertz CT molecular complexity index is 1250. The van der Waals surface area contributed by atoms with Crippen molar-refractivity contribution in [3.63, 3.8) is 0 Å². The van der Waals surface area contributed by atoms with Gasteiger partial charge in [-0.2, -0.15) is 0 Å². The largest absolute Gasteiger partial charge is 0.331 e. The van der Waals surface area contributed by atoms with Gasteiger partial charge in [0.25, 0.3) is 0 Å². The second-order valence-electron chi connectivity index (χ2n) is 7.84. The van der Waals surface area contributed by atoms with Gasteiger partial charge in [0.1, 0.15) is 10.7 Å². The number of halogens is 1. The first-order valence-electron chi connectivity index (χ1n) is 10.3. The number of hydrogen-bond donors (Lipinski definition) is 3. The van der Waals surface area contributed by atoms with E-state index in [-0.39, 0.29) is 22.4 Å². The summed E-state index contributed by atoms with van der Waals surface area (Å²) >= 11 is 0. The molecule has 0 fully saturated rings. The summed E-state index contributed by atoms with van der Waals surface area (Å²) in [5, 5.41) is 8.53. The molecule has 0 bridgehead atoms. The van der Waals surface area contributed by atoms with Crippen molar-refractivity contribution in [3.8, 4) is 0 Å². The van der Waals surface area contributed by atoms with Gasteiger partial charge >= 0.3 is 6.03 Å². The lowest BCUT2D eigenvalue weighted by Crippen LogP contribution is -2.31. The van der Waals surface area contributed by atoms with E-state index in [1.165, 1.54) is 12.1 Å². The highest BCUT2D eigenvalue weighted by Gasteiger charge is 2.22. The normalized spacial score (nSPS) is 13.9. The van der Waals surface area contributed by atoms with Crippen molar-refractivity contribution in [1.82, 2.24) is 10.6 Å². The van der Waals surface area contributed by atoms with Crippen LogP contribution in [0.15, 0.2) is 71.6 Å². The molecular formula is C24H24FN3O3S. The number of nitrogens with one attached hydrogen (secondary N) is 3. The van der Waals surface area contributed by atoms with Crippen LogP contribution in [0.1, 0.15) is 35.2 Å². The SMILES string of the molecule is CC(NC(=O)Nc1ccc(S(=O)(=O)Cc2ccc3c(c2)CNC3)c(F)c1)c1ccccc1. The van der Waals surface area contributed by atoms with Crippen LogP contribution in [0.2, 0.25) is 0 Å². The molecule has 1 aliphatic heterocycles. The fourth-order valence-corrected chi connectivity index (χ4v) is 5.16. The van der Waals surface area contributed by atoms with Gasteiger partial charge in [-0.25, -0.2) is 17.6 Å². The van der Waals surface area contributed by atoms with Crippen LogP contribution in [0.5, 0.6) is 0 Å². The Kier molecular flexibility index (Phi) is 6.25. The van der Waals surface area contributed by atoms with Crippen LogP contribution in [0, 0.1) is 5.82 Å². The first kappa shape index (κ1) is 22.0. The highest BCUT2D eigenvalue weighted by molar-refractivity contribution is 7.90. The van der Waals surface area contributed by atoms with Crippen molar-refractivity contribution in [2.24, 2.45) is 0 Å². The Labute approximate surface area is 186 Å². The minimum atomic E-state index is -3.89. The van der Waals surface area contributed by atoms with E-state index < -0.39 is 21.7 Å². The first-order valence-corrected chi connectivity index (χ1v) is 11.9. The standard InChI is InChI=1S/C24H24FN3O3S/c1-16(18-5-3-2-4-6-18)27-24(29)28-21-9-10-23(22(25)12-21)32(30,31)15-17-7-8-19-13-26-14-20(19)11-17/h2-12,16,26H,13-15H2,1H3,(H2,27,28,29). The summed E-state index contributed by atoms with van der Waals surface area (Å²) in [5.41, 5.74) is 3.92. The number of hydrogen-bond acceptors (Lipinski definition) is 4. The quantitative estimate of drug-likeness (QED) is 0.520. The Hall–Kier alpha value is -3.23. The topological polar surface area (TPSA) is 87.3 Å². The molecule has 0 radical (unpaired) electrons. The van der Waals surface area contributed by atoms with E-state index in [0.29, 0.717) is 12.1 Å². The van der Waals surface area contributed by atoms with E-state index in [2.05, 4.69) is 16.0 Å². The Morgan fingerprint density at radius 3 is 2.53 bits per heavy atom. The fraction of sp³-hybridized carbons (Fsp3) is 0.208. The van der Waals surface area contributed by atoms with Crippen molar-refractivity contribution in [3.05, 3.63) is 94.8 Å². The number of rotatable bonds is 6. The molecule has 3 aromatic carbocycles. The van der Waals surface area contributed by atoms with Crippen molar-refractivity contribution < 1.29 is 17.6 Å². The summed E-state index contributed by atoms with van der Waals surface area (Å²) in [6.45, 7) is 3.30. The molecule has 0 aromatic heterocycles. The molecule has 0 saturated carbocycles. The molecule has 0 saturated heterocycles. The van der Waals surface area contributed by atoms with Crippen LogP contribution >= 0.6 is 0 Å². The van der Waals surface area contributed by atoms with Crippen molar-refractivity contribution in [2.45, 2.75) is 36.7 Å². The third-order valence-electron chi connectivity index (χ3n) is 5.43. The van der Waals surface area contributed by atoms with Crippen LogP contribution in [0.4, 0.5) is 14.9 Å². The zero-order valence-electron chi connectivity index (χ0n) is 17.6. The molecule has 166 valence electrons. The molecule has 2 amide bonds. The van der Waals surface area contributed by atoms with Crippen molar-refractivity contribution >= 4 is 21.6 Å². The average molecular weight is 454 g/mol. The average Bonchev–Trinajstić information content (AvgIpc) is 3.21. The number of fused-ring (bicyclic) bond motifs is 1. The van der Waals surface area contributed by atoms with Gasteiger partial charge < -0.3 is 16.0 Å². The summed E-state index contributed by atoms with van der Waals surface area (Å²) in [5.74, 6) is -1.19. The lowest BCUT2D eigenvalue weighted by Gasteiger charge is -2.15. The summed E-state index contributed by atoms with van der Waals surface area (Å²) in [6.07, 6.45) is 0. The molecular weight excluding hydrogens is 429 g/mol. The third-order valence-corrected chi connectivity index (χ3v) is 7.14. The number of amides is 2. The second kappa shape index (κ2) is 9.10. The molecule has 3 aromatic rings. The summed E-state index contributed by atoms with van der Waals surface area (Å²) in [4.78, 5) is 11.9. The Morgan fingerprint density at radius 1 is 1.03 bits per heavy atom. The second-order valence-corrected chi connectivity index (χ2v) is 9.80. The molecule has 0 aliphatic carbocycles. The molecule has 6 nitrogen and oxygen atoms in total. The predicted octanol–water partition coefficient (Wildman–Crippen LogP) is 4.29. The lowest BCUT2D eigenvalue weighted by molar-refractivity contribution is 0.249. The van der Waals surface area contributed by atoms with E-state index in [4.69, 9.17) is 0 Å². The van der Waals surface area contributed by atoms with Gasteiger partial charge in [0.05, 0.1) is 11.8 Å². The molecule has 1 heterocycles. The fourth-order valence-electron chi connectivity index (χ4n) is 3.75. The van der Waals surface area contributed by atoms with Crippen LogP contribution in [-0.2, 0) is 28.7 Å². The van der Waals surface area contributed by atoms with Gasteiger partial charge in [-0.05, 0) is 47.4 Å². The number of benzene rings is 3. The summed E-state index contributed by atoms with van der Waals surface area (Å²) in [7, 11) is -3.89. The van der Waals surface area contributed by atoms with E-state index in [0.717, 1.165) is 29.3 Å². The van der Waals surface area contributed by atoms with Gasteiger partial charge in [-0.1, -0.05) is 48.5 Å².